The van der Waals surface area contributed by atoms with Gasteiger partial charge in [0.25, 0.3) is 0 Å². The van der Waals surface area contributed by atoms with Gasteiger partial charge in [-0.1, -0.05) is 0 Å². The van der Waals surface area contributed by atoms with Gasteiger partial charge in [-0.05, 0) is 0 Å². The number of rotatable bonds is 6. The number of aliphatic carboxylic acids is 4. The Morgan fingerprint density at radius 2 is 0.667 bits per heavy atom. The van der Waals surface area contributed by atoms with Gasteiger partial charge in [-0.25, -0.2) is 0 Å². The number of carboxylic acid groups (broad SMARTS) is 4. The smallest absolute Gasteiger partial charge is 0.303 e. The summed E-state index contributed by atoms with van der Waals surface area (Å²) in [6, 6.07) is 0. The van der Waals surface area contributed by atoms with Gasteiger partial charge in [0, 0.05) is 19.5 Å². The summed E-state index contributed by atoms with van der Waals surface area (Å²) in [5.41, 5.74) is 0. The van der Waals surface area contributed by atoms with Crippen LogP contribution in [0.25, 0.3) is 0 Å². The SMILES string of the molecule is C=C.N.N.O=C(O)CCC(=O)O.O=C(O)CCC(=O)O.[Zn]. The summed E-state index contributed by atoms with van der Waals surface area (Å²) < 4.78 is 0. The van der Waals surface area contributed by atoms with E-state index >= 15 is 0 Å². The Balaban J connectivity index is -0.0000000424. The summed E-state index contributed by atoms with van der Waals surface area (Å²) in [6.07, 6.45) is -1.19. The van der Waals surface area contributed by atoms with E-state index in [0.29, 0.717) is 0 Å². The minimum absolute atomic E-state index is 0. The van der Waals surface area contributed by atoms with Gasteiger partial charge in [0.15, 0.2) is 0 Å². The van der Waals surface area contributed by atoms with Crippen LogP contribution in [0.4, 0.5) is 0 Å². The van der Waals surface area contributed by atoms with E-state index in [4.69, 9.17) is 20.4 Å². The molecule has 0 radical (unpaired) electrons. The fraction of sp³-hybridized carbons (Fsp3) is 0.400. The second kappa shape index (κ2) is 26.7. The Labute approximate surface area is 134 Å². The van der Waals surface area contributed by atoms with E-state index in [-0.39, 0.29) is 57.5 Å². The van der Waals surface area contributed by atoms with Crippen LogP contribution in [-0.4, -0.2) is 44.3 Å². The zero-order chi connectivity index (χ0) is 15.1. The Bertz CT molecular complexity index is 243. The molecule has 0 spiro atoms. The van der Waals surface area contributed by atoms with Crippen molar-refractivity contribution in [3.05, 3.63) is 13.2 Å². The van der Waals surface area contributed by atoms with Gasteiger partial charge in [-0.15, -0.1) is 13.2 Å². The Morgan fingerprint density at radius 1 is 0.571 bits per heavy atom. The van der Waals surface area contributed by atoms with Crippen LogP contribution in [0, 0.1) is 0 Å². The number of hydrogen-bond donors (Lipinski definition) is 6. The summed E-state index contributed by atoms with van der Waals surface area (Å²) in [7, 11) is 0. The van der Waals surface area contributed by atoms with Crippen molar-refractivity contribution in [2.45, 2.75) is 25.7 Å². The van der Waals surface area contributed by atoms with Crippen molar-refractivity contribution >= 4 is 23.9 Å². The number of hydrogen-bond acceptors (Lipinski definition) is 6. The van der Waals surface area contributed by atoms with Crippen LogP contribution in [0.3, 0.4) is 0 Å². The third-order valence-corrected chi connectivity index (χ3v) is 1.11. The van der Waals surface area contributed by atoms with Gasteiger partial charge < -0.3 is 32.7 Å². The molecule has 0 aliphatic rings. The van der Waals surface area contributed by atoms with Crippen molar-refractivity contribution in [3.8, 4) is 0 Å². The van der Waals surface area contributed by atoms with Crippen molar-refractivity contribution in [1.82, 2.24) is 12.3 Å². The molecule has 11 heteroatoms. The summed E-state index contributed by atoms with van der Waals surface area (Å²) >= 11 is 0. The maximum Gasteiger partial charge on any atom is 0.303 e. The second-order valence-electron chi connectivity index (χ2n) is 2.57. The minimum Gasteiger partial charge on any atom is -0.481 e. The molecule has 0 amide bonds. The summed E-state index contributed by atoms with van der Waals surface area (Å²) in [5.74, 6) is -4.31. The molecule has 0 heterocycles. The molecular weight excluding hydrogens is 342 g/mol. The first-order valence-corrected chi connectivity index (χ1v) is 4.63. The molecule has 0 bridgehead atoms. The zero-order valence-corrected chi connectivity index (χ0v) is 14.8. The quantitative estimate of drug-likeness (QED) is 0.290. The van der Waals surface area contributed by atoms with Gasteiger partial charge in [-0.3, -0.25) is 19.2 Å². The van der Waals surface area contributed by atoms with Crippen molar-refractivity contribution in [3.63, 3.8) is 0 Å². The molecule has 0 saturated carbocycles. The van der Waals surface area contributed by atoms with E-state index in [1.165, 1.54) is 0 Å². The average Bonchev–Trinajstić information content (AvgIpc) is 2.27. The van der Waals surface area contributed by atoms with E-state index in [2.05, 4.69) is 13.2 Å². The first kappa shape index (κ1) is 36.5. The molecule has 122 valence electrons. The molecule has 0 fully saturated rings. The standard InChI is InChI=1S/2C4H6O4.C2H4.2H3N.Zn/c2*5-3(6)1-2-4(7)8;1-2;;;/h2*1-2H2,(H,5,6)(H,7,8);1-2H2;2*1H3;. The van der Waals surface area contributed by atoms with Crippen LogP contribution in [0.15, 0.2) is 13.2 Å². The third kappa shape index (κ3) is 71.2. The fourth-order valence-corrected chi connectivity index (χ4v) is 0.428. The molecule has 0 rings (SSSR count). The molecule has 0 aliphatic carbocycles. The maximum atomic E-state index is 9.64. The molecule has 0 aromatic carbocycles. The van der Waals surface area contributed by atoms with Crippen LogP contribution in [0.5, 0.6) is 0 Å². The van der Waals surface area contributed by atoms with Crippen molar-refractivity contribution in [1.29, 1.82) is 0 Å². The first-order chi connectivity index (χ1) is 8.25. The predicted octanol–water partition coefficient (Wildman–Crippen LogP) is 0.995. The number of carboxylic acids is 4. The maximum absolute atomic E-state index is 9.64. The fourth-order valence-electron chi connectivity index (χ4n) is 0.428. The van der Waals surface area contributed by atoms with E-state index < -0.39 is 23.9 Å². The van der Waals surface area contributed by atoms with Crippen molar-refractivity contribution < 1.29 is 59.1 Å². The van der Waals surface area contributed by atoms with Crippen LogP contribution >= 0.6 is 0 Å². The van der Waals surface area contributed by atoms with E-state index in [9.17, 15) is 19.2 Å². The molecule has 0 saturated heterocycles. The minimum atomic E-state index is -1.08. The van der Waals surface area contributed by atoms with Gasteiger partial charge >= 0.3 is 23.9 Å². The van der Waals surface area contributed by atoms with Crippen LogP contribution in [0.1, 0.15) is 25.7 Å². The monoisotopic (exact) mass is 362 g/mol. The number of carbonyl (C=O) groups is 4. The zero-order valence-electron chi connectivity index (χ0n) is 11.8. The normalized spacial score (nSPS) is 6.67. The Morgan fingerprint density at radius 3 is 0.714 bits per heavy atom. The molecule has 0 aromatic heterocycles. The van der Waals surface area contributed by atoms with Crippen LogP contribution < -0.4 is 12.3 Å². The van der Waals surface area contributed by atoms with E-state index in [1.54, 1.807) is 0 Å². The summed E-state index contributed by atoms with van der Waals surface area (Å²) in [4.78, 5) is 38.6. The molecule has 10 nitrogen and oxygen atoms in total. The van der Waals surface area contributed by atoms with Crippen LogP contribution in [0.2, 0.25) is 0 Å². The van der Waals surface area contributed by atoms with Gasteiger partial charge in [0.1, 0.15) is 0 Å². The molecular formula is C10H22N2O8Zn. The molecule has 0 aromatic rings. The van der Waals surface area contributed by atoms with Crippen molar-refractivity contribution in [2.24, 2.45) is 0 Å². The summed E-state index contributed by atoms with van der Waals surface area (Å²) in [5, 5.41) is 31.6. The van der Waals surface area contributed by atoms with Crippen molar-refractivity contribution in [2.75, 3.05) is 0 Å². The molecule has 10 N–H and O–H groups in total. The van der Waals surface area contributed by atoms with Gasteiger partial charge in [0.05, 0.1) is 25.7 Å². The first-order valence-electron chi connectivity index (χ1n) is 4.63. The summed E-state index contributed by atoms with van der Waals surface area (Å²) in [6.45, 7) is 6.00. The predicted molar refractivity (Wildman–Crippen MR) is 70.3 cm³/mol. The van der Waals surface area contributed by atoms with Crippen LogP contribution in [-0.2, 0) is 38.7 Å². The van der Waals surface area contributed by atoms with E-state index in [0.717, 1.165) is 0 Å². The second-order valence-corrected chi connectivity index (χ2v) is 2.57. The third-order valence-electron chi connectivity index (χ3n) is 1.11. The molecule has 21 heavy (non-hydrogen) atoms. The molecule has 0 aliphatic heterocycles. The van der Waals surface area contributed by atoms with Gasteiger partial charge in [0.2, 0.25) is 0 Å². The Kier molecular flexibility index (Phi) is 46.3. The van der Waals surface area contributed by atoms with E-state index in [1.807, 2.05) is 0 Å². The topological polar surface area (TPSA) is 219 Å². The van der Waals surface area contributed by atoms with Gasteiger partial charge in [-0.2, -0.15) is 0 Å². The Hall–Kier alpha value is -1.84. The molecule has 0 atom stereocenters. The molecule has 0 unspecified atom stereocenters. The average molecular weight is 364 g/mol. The largest absolute Gasteiger partial charge is 0.481 e.